The van der Waals surface area contributed by atoms with Crippen molar-refractivity contribution in [2.75, 3.05) is 11.9 Å². The molecule has 3 N–H and O–H groups in total. The van der Waals surface area contributed by atoms with E-state index in [4.69, 9.17) is 0 Å². The monoisotopic (exact) mass is 378 g/mol. The van der Waals surface area contributed by atoms with Crippen molar-refractivity contribution in [3.63, 3.8) is 0 Å². The number of nitrogens with one attached hydrogen (secondary N) is 3. The summed E-state index contributed by atoms with van der Waals surface area (Å²) in [6.07, 6.45) is 0. The maximum Gasteiger partial charge on any atom is 0.251 e. The molecule has 1 aromatic carbocycles. The van der Waals surface area contributed by atoms with Crippen LogP contribution in [0, 0.1) is 0 Å². The molecule has 0 saturated carbocycles. The molecule has 2 aromatic rings. The summed E-state index contributed by atoms with van der Waals surface area (Å²) < 4.78 is 0.806. The highest BCUT2D eigenvalue weighted by Crippen LogP contribution is 2.21. The largest absolute Gasteiger partial charge is 0.343 e. The van der Waals surface area contributed by atoms with Gasteiger partial charge in [-0.15, -0.1) is 0 Å². The van der Waals surface area contributed by atoms with Gasteiger partial charge in [-0.05, 0) is 18.2 Å². The van der Waals surface area contributed by atoms with Crippen molar-refractivity contribution in [3.05, 3.63) is 46.1 Å². The number of benzene rings is 1. The Morgan fingerprint density at radius 1 is 1.26 bits per heavy atom. The van der Waals surface area contributed by atoms with Gasteiger partial charge in [-0.3, -0.25) is 14.7 Å². The first-order valence-electron chi connectivity index (χ1n) is 7.15. The Bertz CT molecular complexity index is 719. The zero-order chi connectivity index (χ0) is 17.0. The molecule has 0 unspecified atom stereocenters. The van der Waals surface area contributed by atoms with Gasteiger partial charge in [-0.1, -0.05) is 42.8 Å². The number of carbonyl (C=O) groups is 2. The van der Waals surface area contributed by atoms with Crippen molar-refractivity contribution in [1.82, 2.24) is 15.5 Å². The number of H-pyrrole nitrogens is 1. The van der Waals surface area contributed by atoms with E-state index in [1.165, 1.54) is 0 Å². The van der Waals surface area contributed by atoms with E-state index in [1.54, 1.807) is 24.3 Å². The lowest BCUT2D eigenvalue weighted by Crippen LogP contribution is -2.32. The minimum absolute atomic E-state index is 0.0785. The number of halogens is 1. The molecule has 7 heteroatoms. The van der Waals surface area contributed by atoms with Gasteiger partial charge in [0.25, 0.3) is 5.91 Å². The maximum absolute atomic E-state index is 12.0. The molecule has 0 aliphatic rings. The van der Waals surface area contributed by atoms with Crippen molar-refractivity contribution in [2.45, 2.75) is 26.2 Å². The van der Waals surface area contributed by atoms with Crippen LogP contribution in [-0.4, -0.2) is 28.6 Å². The van der Waals surface area contributed by atoms with E-state index in [-0.39, 0.29) is 23.8 Å². The average Bonchev–Trinajstić information content (AvgIpc) is 2.93. The summed E-state index contributed by atoms with van der Waals surface area (Å²) in [4.78, 5) is 23.8. The topological polar surface area (TPSA) is 86.9 Å². The fraction of sp³-hybridized carbons (Fsp3) is 0.312. The van der Waals surface area contributed by atoms with Gasteiger partial charge in [0.05, 0.1) is 6.54 Å². The van der Waals surface area contributed by atoms with Crippen molar-refractivity contribution >= 4 is 33.6 Å². The highest BCUT2D eigenvalue weighted by atomic mass is 79.9. The molecule has 0 fully saturated rings. The molecule has 0 spiro atoms. The van der Waals surface area contributed by atoms with Gasteiger partial charge in [0.1, 0.15) is 0 Å². The third-order valence-electron chi connectivity index (χ3n) is 3.15. The van der Waals surface area contributed by atoms with Crippen molar-refractivity contribution in [2.24, 2.45) is 0 Å². The second-order valence-corrected chi connectivity index (χ2v) is 7.07. The number of hydrogen-bond donors (Lipinski definition) is 3. The van der Waals surface area contributed by atoms with Gasteiger partial charge in [-0.25, -0.2) is 0 Å². The number of nitrogens with zero attached hydrogens (tertiary/aromatic N) is 1. The fourth-order valence-electron chi connectivity index (χ4n) is 1.85. The van der Waals surface area contributed by atoms with Crippen LogP contribution in [0.15, 0.2) is 34.8 Å². The number of rotatable bonds is 4. The fourth-order valence-corrected chi connectivity index (χ4v) is 2.25. The molecule has 0 bridgehead atoms. The predicted molar refractivity (Wildman–Crippen MR) is 92.4 cm³/mol. The lowest BCUT2D eigenvalue weighted by atomic mass is 9.92. The van der Waals surface area contributed by atoms with Crippen LogP contribution in [0.4, 0.5) is 5.82 Å². The summed E-state index contributed by atoms with van der Waals surface area (Å²) in [6.45, 7) is 6.02. The Hall–Kier alpha value is -2.15. The van der Waals surface area contributed by atoms with Crippen LogP contribution in [0.5, 0.6) is 0 Å². The van der Waals surface area contributed by atoms with E-state index in [1.807, 2.05) is 26.8 Å². The smallest absolute Gasteiger partial charge is 0.251 e. The van der Waals surface area contributed by atoms with E-state index in [9.17, 15) is 9.59 Å². The zero-order valence-corrected chi connectivity index (χ0v) is 14.8. The Morgan fingerprint density at radius 2 is 2.00 bits per heavy atom. The lowest BCUT2D eigenvalue weighted by molar-refractivity contribution is -0.115. The van der Waals surface area contributed by atoms with Crippen LogP contribution >= 0.6 is 15.9 Å². The standard InChI is InChI=1S/C16H19BrN4O2/c1-16(2,3)12-8-13(21-20-12)19-14(22)9-18-15(23)10-5-4-6-11(17)7-10/h4-8H,9H2,1-3H3,(H,18,23)(H2,19,20,21,22). The van der Waals surface area contributed by atoms with Crippen LogP contribution in [0.2, 0.25) is 0 Å². The molecular weight excluding hydrogens is 360 g/mol. The summed E-state index contributed by atoms with van der Waals surface area (Å²) in [5, 5.41) is 12.2. The van der Waals surface area contributed by atoms with Gasteiger partial charge in [0.2, 0.25) is 5.91 Å². The minimum Gasteiger partial charge on any atom is -0.343 e. The molecule has 0 radical (unpaired) electrons. The third-order valence-corrected chi connectivity index (χ3v) is 3.64. The number of aromatic amines is 1. The predicted octanol–water partition coefficient (Wildman–Crippen LogP) is 2.84. The molecule has 1 heterocycles. The Morgan fingerprint density at radius 3 is 2.61 bits per heavy atom. The maximum atomic E-state index is 12.0. The average molecular weight is 379 g/mol. The van der Waals surface area contributed by atoms with Crippen LogP contribution in [0.1, 0.15) is 36.8 Å². The summed E-state index contributed by atoms with van der Waals surface area (Å²) in [5.41, 5.74) is 1.33. The minimum atomic E-state index is -0.333. The third kappa shape index (κ3) is 4.92. The first-order valence-corrected chi connectivity index (χ1v) is 7.94. The van der Waals surface area contributed by atoms with Gasteiger partial charge < -0.3 is 10.6 Å². The first-order chi connectivity index (χ1) is 10.8. The lowest BCUT2D eigenvalue weighted by Gasteiger charge is -2.14. The van der Waals surface area contributed by atoms with Gasteiger partial charge in [0, 0.05) is 27.2 Å². The molecule has 122 valence electrons. The number of anilines is 1. The highest BCUT2D eigenvalue weighted by Gasteiger charge is 2.17. The van der Waals surface area contributed by atoms with Crippen LogP contribution in [0.3, 0.4) is 0 Å². The summed E-state index contributed by atoms with van der Waals surface area (Å²) in [5.74, 6) is -0.198. The van der Waals surface area contributed by atoms with E-state index < -0.39 is 0 Å². The van der Waals surface area contributed by atoms with E-state index in [0.717, 1.165) is 10.2 Å². The molecule has 2 rings (SSSR count). The molecule has 6 nitrogen and oxygen atoms in total. The van der Waals surface area contributed by atoms with Gasteiger partial charge >= 0.3 is 0 Å². The molecule has 0 aliphatic heterocycles. The SMILES string of the molecule is CC(C)(C)c1cc(NC(=O)CNC(=O)c2cccc(Br)c2)n[nH]1. The van der Waals surface area contributed by atoms with Crippen molar-refractivity contribution in [3.8, 4) is 0 Å². The normalized spacial score (nSPS) is 11.1. The molecular formula is C16H19BrN4O2. The number of aromatic nitrogens is 2. The quantitative estimate of drug-likeness (QED) is 0.764. The number of hydrogen-bond acceptors (Lipinski definition) is 3. The van der Waals surface area contributed by atoms with Crippen LogP contribution in [0.25, 0.3) is 0 Å². The molecule has 23 heavy (non-hydrogen) atoms. The van der Waals surface area contributed by atoms with E-state index in [0.29, 0.717) is 11.4 Å². The van der Waals surface area contributed by atoms with Crippen molar-refractivity contribution in [1.29, 1.82) is 0 Å². The number of carbonyl (C=O) groups excluding carboxylic acids is 2. The molecule has 2 amide bonds. The number of amides is 2. The van der Waals surface area contributed by atoms with Crippen molar-refractivity contribution < 1.29 is 9.59 Å². The van der Waals surface area contributed by atoms with Gasteiger partial charge in [0.15, 0.2) is 5.82 Å². The van der Waals surface area contributed by atoms with E-state index in [2.05, 4.69) is 36.8 Å². The summed E-state index contributed by atoms with van der Waals surface area (Å²) in [7, 11) is 0. The highest BCUT2D eigenvalue weighted by molar-refractivity contribution is 9.10. The molecule has 1 aromatic heterocycles. The van der Waals surface area contributed by atoms with E-state index >= 15 is 0 Å². The second kappa shape index (κ2) is 6.95. The van der Waals surface area contributed by atoms with Crippen LogP contribution in [-0.2, 0) is 10.2 Å². The molecule has 0 aliphatic carbocycles. The van der Waals surface area contributed by atoms with Crippen LogP contribution < -0.4 is 10.6 Å². The second-order valence-electron chi connectivity index (χ2n) is 6.16. The summed E-state index contributed by atoms with van der Waals surface area (Å²) >= 11 is 3.30. The Kier molecular flexibility index (Phi) is 5.20. The molecule has 0 saturated heterocycles. The molecule has 0 atom stereocenters. The Balaban J connectivity index is 1.88. The first kappa shape index (κ1) is 17.2. The Labute approximate surface area is 143 Å². The van der Waals surface area contributed by atoms with Gasteiger partial charge in [-0.2, -0.15) is 5.10 Å². The zero-order valence-electron chi connectivity index (χ0n) is 13.2. The summed E-state index contributed by atoms with van der Waals surface area (Å²) in [6, 6.07) is 8.75.